The van der Waals surface area contributed by atoms with Crippen LogP contribution in [0.5, 0.6) is 0 Å². The Morgan fingerprint density at radius 2 is 2.00 bits per heavy atom. The van der Waals surface area contributed by atoms with Gasteiger partial charge in [0.2, 0.25) is 0 Å². The van der Waals surface area contributed by atoms with Gasteiger partial charge in [0.15, 0.2) is 0 Å². The van der Waals surface area contributed by atoms with E-state index < -0.39 is 0 Å². The van der Waals surface area contributed by atoms with Gasteiger partial charge in [-0.05, 0) is 59.0 Å². The van der Waals surface area contributed by atoms with Gasteiger partial charge in [-0.25, -0.2) is 0 Å². The lowest BCUT2D eigenvalue weighted by Crippen LogP contribution is -2.45. The molecule has 2 fully saturated rings. The third-order valence-electron chi connectivity index (χ3n) is 4.25. The highest BCUT2D eigenvalue weighted by Crippen LogP contribution is 2.14. The summed E-state index contributed by atoms with van der Waals surface area (Å²) in [5.74, 6) is 0. The summed E-state index contributed by atoms with van der Waals surface area (Å²) in [5, 5.41) is 3.71. The van der Waals surface area contributed by atoms with Crippen LogP contribution in [0.15, 0.2) is 11.6 Å². The standard InChI is InChI=1S/C16H30N2O/c1-14(2)6-9-18-10-7-15(8-11-18)17-13-16-5-3-4-12-19-16/h6,15-17H,3-5,7-13H2,1-2H3. The van der Waals surface area contributed by atoms with Crippen molar-refractivity contribution in [1.82, 2.24) is 10.2 Å². The maximum absolute atomic E-state index is 5.77. The zero-order valence-corrected chi connectivity index (χ0v) is 12.7. The normalized spacial score (nSPS) is 26.3. The molecule has 2 rings (SSSR count). The van der Waals surface area contributed by atoms with Crippen LogP contribution in [0.4, 0.5) is 0 Å². The molecule has 0 aliphatic carbocycles. The third kappa shape index (κ3) is 5.64. The van der Waals surface area contributed by atoms with Gasteiger partial charge < -0.3 is 10.1 Å². The highest BCUT2D eigenvalue weighted by molar-refractivity contribution is 4.95. The Bertz CT molecular complexity index is 272. The molecule has 3 nitrogen and oxygen atoms in total. The molecule has 1 unspecified atom stereocenters. The highest BCUT2D eigenvalue weighted by atomic mass is 16.5. The van der Waals surface area contributed by atoms with Gasteiger partial charge in [0.1, 0.15) is 0 Å². The number of likely N-dealkylation sites (tertiary alicyclic amines) is 1. The molecule has 0 spiro atoms. The monoisotopic (exact) mass is 266 g/mol. The number of piperidine rings is 1. The lowest BCUT2D eigenvalue weighted by atomic mass is 10.0. The Hall–Kier alpha value is -0.380. The number of nitrogens with zero attached hydrogens (tertiary/aromatic N) is 1. The van der Waals surface area contributed by atoms with E-state index in [1.54, 1.807) is 0 Å². The minimum atomic E-state index is 0.470. The van der Waals surface area contributed by atoms with Crippen molar-refractivity contribution in [2.75, 3.05) is 32.8 Å². The first-order valence-electron chi connectivity index (χ1n) is 7.95. The van der Waals surface area contributed by atoms with Crippen LogP contribution in [0.3, 0.4) is 0 Å². The first kappa shape index (κ1) is 15.0. The van der Waals surface area contributed by atoms with Crippen molar-refractivity contribution in [2.24, 2.45) is 0 Å². The Morgan fingerprint density at radius 1 is 1.21 bits per heavy atom. The lowest BCUT2D eigenvalue weighted by molar-refractivity contribution is 0.0140. The fourth-order valence-electron chi connectivity index (χ4n) is 2.90. The van der Waals surface area contributed by atoms with E-state index in [9.17, 15) is 0 Å². The Kier molecular flexibility index (Phi) is 6.35. The molecular formula is C16H30N2O. The van der Waals surface area contributed by atoms with Crippen LogP contribution >= 0.6 is 0 Å². The summed E-state index contributed by atoms with van der Waals surface area (Å²) in [7, 11) is 0. The van der Waals surface area contributed by atoms with Gasteiger partial charge in [0.05, 0.1) is 6.10 Å². The van der Waals surface area contributed by atoms with Crippen LogP contribution in [0, 0.1) is 0 Å². The molecule has 0 aromatic rings. The van der Waals surface area contributed by atoms with Crippen LogP contribution in [0.25, 0.3) is 0 Å². The molecule has 0 radical (unpaired) electrons. The first-order valence-corrected chi connectivity index (χ1v) is 7.95. The van der Waals surface area contributed by atoms with Crippen molar-refractivity contribution in [2.45, 2.75) is 58.1 Å². The van der Waals surface area contributed by atoms with Crippen molar-refractivity contribution in [3.8, 4) is 0 Å². The van der Waals surface area contributed by atoms with Crippen LogP contribution in [0.1, 0.15) is 46.0 Å². The summed E-state index contributed by atoms with van der Waals surface area (Å²) in [6, 6.07) is 0.702. The molecule has 2 saturated heterocycles. The van der Waals surface area contributed by atoms with Crippen LogP contribution < -0.4 is 5.32 Å². The van der Waals surface area contributed by atoms with Crippen molar-refractivity contribution in [3.05, 3.63) is 11.6 Å². The van der Waals surface area contributed by atoms with E-state index in [0.29, 0.717) is 12.1 Å². The Morgan fingerprint density at radius 3 is 2.63 bits per heavy atom. The van der Waals surface area contributed by atoms with Gasteiger partial charge in [0.25, 0.3) is 0 Å². The van der Waals surface area contributed by atoms with E-state index in [-0.39, 0.29) is 0 Å². The number of hydrogen-bond donors (Lipinski definition) is 1. The smallest absolute Gasteiger partial charge is 0.0699 e. The Balaban J connectivity index is 1.59. The van der Waals surface area contributed by atoms with Gasteiger partial charge in [-0.15, -0.1) is 0 Å². The van der Waals surface area contributed by atoms with Crippen molar-refractivity contribution >= 4 is 0 Å². The average molecular weight is 266 g/mol. The lowest BCUT2D eigenvalue weighted by Gasteiger charge is -2.33. The predicted molar refractivity (Wildman–Crippen MR) is 80.5 cm³/mol. The molecule has 19 heavy (non-hydrogen) atoms. The van der Waals surface area contributed by atoms with Gasteiger partial charge in [-0.1, -0.05) is 11.6 Å². The summed E-state index contributed by atoms with van der Waals surface area (Å²) in [5.41, 5.74) is 1.43. The van der Waals surface area contributed by atoms with E-state index in [2.05, 4.69) is 30.1 Å². The molecule has 110 valence electrons. The van der Waals surface area contributed by atoms with Crippen molar-refractivity contribution in [1.29, 1.82) is 0 Å². The second-order valence-corrected chi connectivity index (χ2v) is 6.25. The summed E-state index contributed by atoms with van der Waals surface area (Å²) < 4.78 is 5.77. The topological polar surface area (TPSA) is 24.5 Å². The third-order valence-corrected chi connectivity index (χ3v) is 4.25. The average Bonchev–Trinajstić information content (AvgIpc) is 2.45. The molecule has 1 N–H and O–H groups in total. The van der Waals surface area contributed by atoms with Crippen molar-refractivity contribution < 1.29 is 4.74 Å². The highest BCUT2D eigenvalue weighted by Gasteiger charge is 2.20. The second kappa shape index (κ2) is 8.03. The largest absolute Gasteiger partial charge is 0.377 e. The van der Waals surface area contributed by atoms with Crippen molar-refractivity contribution in [3.63, 3.8) is 0 Å². The number of hydrogen-bond acceptors (Lipinski definition) is 3. The molecular weight excluding hydrogens is 236 g/mol. The fraction of sp³-hybridized carbons (Fsp3) is 0.875. The maximum atomic E-state index is 5.77. The number of allylic oxidation sites excluding steroid dienone is 1. The molecule has 0 amide bonds. The van der Waals surface area contributed by atoms with Gasteiger partial charge in [-0.2, -0.15) is 0 Å². The molecule has 0 aromatic heterocycles. The van der Waals surface area contributed by atoms with E-state index in [4.69, 9.17) is 4.74 Å². The van der Waals surface area contributed by atoms with Gasteiger partial charge in [0, 0.05) is 25.7 Å². The SMILES string of the molecule is CC(C)=CCN1CCC(NCC2CCCCO2)CC1. The van der Waals surface area contributed by atoms with Crippen LogP contribution in [-0.2, 0) is 4.74 Å². The van der Waals surface area contributed by atoms with E-state index in [0.717, 1.165) is 19.7 Å². The second-order valence-electron chi connectivity index (χ2n) is 6.25. The summed E-state index contributed by atoms with van der Waals surface area (Å²) >= 11 is 0. The summed E-state index contributed by atoms with van der Waals surface area (Å²) in [4.78, 5) is 2.56. The summed E-state index contributed by atoms with van der Waals surface area (Å²) in [6.45, 7) is 9.96. The molecule has 1 atom stereocenters. The fourth-order valence-corrected chi connectivity index (χ4v) is 2.90. The molecule has 2 heterocycles. The zero-order valence-electron chi connectivity index (χ0n) is 12.7. The molecule has 0 bridgehead atoms. The van der Waals surface area contributed by atoms with E-state index >= 15 is 0 Å². The van der Waals surface area contributed by atoms with Crippen LogP contribution in [0.2, 0.25) is 0 Å². The zero-order chi connectivity index (χ0) is 13.5. The molecule has 2 aliphatic heterocycles. The van der Waals surface area contributed by atoms with Crippen LogP contribution in [-0.4, -0.2) is 49.8 Å². The quantitative estimate of drug-likeness (QED) is 0.774. The van der Waals surface area contributed by atoms with E-state index in [1.165, 1.54) is 50.8 Å². The molecule has 3 heteroatoms. The minimum absolute atomic E-state index is 0.470. The first-order chi connectivity index (χ1) is 9.24. The number of nitrogens with one attached hydrogen (secondary N) is 1. The molecule has 2 aliphatic rings. The predicted octanol–water partition coefficient (Wildman–Crippen LogP) is 2.58. The summed E-state index contributed by atoms with van der Waals surface area (Å²) in [6.07, 6.45) is 9.20. The minimum Gasteiger partial charge on any atom is -0.377 e. The van der Waals surface area contributed by atoms with E-state index in [1.807, 2.05) is 0 Å². The molecule has 0 saturated carbocycles. The maximum Gasteiger partial charge on any atom is 0.0699 e. The number of rotatable bonds is 5. The van der Waals surface area contributed by atoms with Gasteiger partial charge >= 0.3 is 0 Å². The Labute approximate surface area is 118 Å². The number of ether oxygens (including phenoxy) is 1. The van der Waals surface area contributed by atoms with Gasteiger partial charge in [-0.3, -0.25) is 4.90 Å². The molecule has 0 aromatic carbocycles.